The van der Waals surface area contributed by atoms with Crippen LogP contribution in [0.1, 0.15) is 11.4 Å². The second kappa shape index (κ2) is 5.33. The first-order chi connectivity index (χ1) is 8.46. The van der Waals surface area contributed by atoms with Gasteiger partial charge in [0.05, 0.1) is 24.6 Å². The molecule has 1 unspecified atom stereocenters. The van der Waals surface area contributed by atoms with Gasteiger partial charge in [-0.25, -0.2) is 13.4 Å². The number of hydrogen-bond donors (Lipinski definition) is 1. The number of rotatable bonds is 5. The summed E-state index contributed by atoms with van der Waals surface area (Å²) in [7, 11) is -3.01. The molecule has 8 heteroatoms. The Morgan fingerprint density at radius 1 is 1.61 bits per heavy atom. The minimum atomic E-state index is -3.01. The van der Waals surface area contributed by atoms with Crippen LogP contribution in [0, 0.1) is 0 Å². The third-order valence-corrected chi connectivity index (χ3v) is 5.40. The van der Waals surface area contributed by atoms with Crippen molar-refractivity contribution in [2.45, 2.75) is 19.0 Å². The monoisotopic (exact) mass is 290 g/mol. The minimum absolute atomic E-state index is 0.0473. The van der Waals surface area contributed by atoms with Gasteiger partial charge in [-0.1, -0.05) is 0 Å². The van der Waals surface area contributed by atoms with Crippen molar-refractivity contribution in [2.75, 3.05) is 18.1 Å². The first kappa shape index (κ1) is 13.4. The average Bonchev–Trinajstić information content (AvgIpc) is 2.86. The van der Waals surface area contributed by atoms with Crippen LogP contribution in [0.5, 0.6) is 0 Å². The predicted octanol–water partition coefficient (Wildman–Crippen LogP) is 0.217. The lowest BCUT2D eigenvalue weighted by Crippen LogP contribution is -2.39. The molecule has 6 nitrogen and oxygen atoms in total. The summed E-state index contributed by atoms with van der Waals surface area (Å²) in [6, 6.07) is -0.213. The fourth-order valence-corrected chi connectivity index (χ4v) is 4.46. The Kier molecular flexibility index (Phi) is 3.98. The Hall–Kier alpha value is -0.990. The molecule has 1 aliphatic rings. The molecule has 0 spiro atoms. The van der Waals surface area contributed by atoms with Gasteiger partial charge in [-0.05, 0) is 6.42 Å². The molecule has 100 valence electrons. The van der Waals surface area contributed by atoms with E-state index in [0.29, 0.717) is 13.0 Å². The predicted molar refractivity (Wildman–Crippen MR) is 67.2 cm³/mol. The third kappa shape index (κ3) is 3.50. The van der Waals surface area contributed by atoms with Crippen LogP contribution in [0.3, 0.4) is 0 Å². The maximum absolute atomic E-state index is 11.4. The van der Waals surface area contributed by atoms with E-state index in [1.807, 2.05) is 5.38 Å². The molecule has 1 fully saturated rings. The molecule has 18 heavy (non-hydrogen) atoms. The first-order valence-electron chi connectivity index (χ1n) is 5.51. The highest BCUT2D eigenvalue weighted by atomic mass is 32.2. The number of hydrogen-bond acceptors (Lipinski definition) is 6. The molecule has 0 aromatic carbocycles. The number of aliphatic carboxylic acids is 1. The second-order valence-corrected chi connectivity index (χ2v) is 7.49. The lowest BCUT2D eigenvalue weighted by atomic mass is 10.2. The zero-order valence-electron chi connectivity index (χ0n) is 9.65. The summed E-state index contributed by atoms with van der Waals surface area (Å²) in [5.74, 6) is -0.757. The van der Waals surface area contributed by atoms with Gasteiger partial charge in [0.25, 0.3) is 0 Å². The molecule has 1 aliphatic heterocycles. The van der Waals surface area contributed by atoms with E-state index in [1.165, 1.54) is 11.3 Å². The lowest BCUT2D eigenvalue weighted by Gasteiger charge is -2.25. The molecular formula is C10H14N2O4S2. The highest BCUT2D eigenvalue weighted by Crippen LogP contribution is 2.20. The molecule has 2 rings (SSSR count). The quantitative estimate of drug-likeness (QED) is 0.834. The largest absolute Gasteiger partial charge is 0.480 e. The van der Waals surface area contributed by atoms with Gasteiger partial charge in [-0.3, -0.25) is 9.69 Å². The van der Waals surface area contributed by atoms with Crippen molar-refractivity contribution in [2.24, 2.45) is 0 Å². The maximum Gasteiger partial charge on any atom is 0.317 e. The molecule has 2 heterocycles. The number of nitrogens with zero attached hydrogens (tertiary/aromatic N) is 2. The van der Waals surface area contributed by atoms with Gasteiger partial charge in [0, 0.05) is 17.6 Å². The van der Waals surface area contributed by atoms with Crippen molar-refractivity contribution in [1.29, 1.82) is 0 Å². The Bertz CT molecular complexity index is 512. The van der Waals surface area contributed by atoms with Crippen LogP contribution in [0.25, 0.3) is 0 Å². The summed E-state index contributed by atoms with van der Waals surface area (Å²) in [5, 5.41) is 11.5. The van der Waals surface area contributed by atoms with Gasteiger partial charge in [-0.2, -0.15) is 0 Å². The summed E-state index contributed by atoms with van der Waals surface area (Å²) in [4.78, 5) is 16.6. The van der Waals surface area contributed by atoms with Crippen LogP contribution in [0.15, 0.2) is 11.6 Å². The van der Waals surface area contributed by atoms with Gasteiger partial charge in [0.1, 0.15) is 5.01 Å². The summed E-state index contributed by atoms with van der Waals surface area (Å²) in [6.45, 7) is 0.240. The fraction of sp³-hybridized carbons (Fsp3) is 0.600. The van der Waals surface area contributed by atoms with Crippen molar-refractivity contribution in [3.8, 4) is 0 Å². The smallest absolute Gasteiger partial charge is 0.317 e. The molecule has 1 aromatic rings. The standard InChI is InChI=1S/C10H14N2O4S2/c13-10(14)6-12(5-9-11-2-3-17-9)8-1-4-18(15,16)7-8/h2-3,8H,1,4-7H2,(H,13,14). The fourth-order valence-electron chi connectivity index (χ4n) is 2.06. The van der Waals surface area contributed by atoms with Crippen LogP contribution >= 0.6 is 11.3 Å². The van der Waals surface area contributed by atoms with E-state index in [2.05, 4.69) is 4.98 Å². The van der Waals surface area contributed by atoms with Crippen LogP contribution < -0.4 is 0 Å². The van der Waals surface area contributed by atoms with E-state index >= 15 is 0 Å². The average molecular weight is 290 g/mol. The number of thiazole rings is 1. The molecule has 0 bridgehead atoms. The SMILES string of the molecule is O=C(O)CN(Cc1nccs1)C1CCS(=O)(=O)C1. The number of carbonyl (C=O) groups is 1. The van der Waals surface area contributed by atoms with Crippen LogP contribution in [-0.4, -0.2) is 53.5 Å². The van der Waals surface area contributed by atoms with Crippen molar-refractivity contribution in [3.63, 3.8) is 0 Å². The highest BCUT2D eigenvalue weighted by Gasteiger charge is 2.33. The minimum Gasteiger partial charge on any atom is -0.480 e. The Morgan fingerprint density at radius 3 is 2.89 bits per heavy atom. The lowest BCUT2D eigenvalue weighted by molar-refractivity contribution is -0.139. The van der Waals surface area contributed by atoms with E-state index in [-0.39, 0.29) is 24.1 Å². The Morgan fingerprint density at radius 2 is 2.39 bits per heavy atom. The van der Waals surface area contributed by atoms with Crippen LogP contribution in [-0.2, 0) is 21.2 Å². The topological polar surface area (TPSA) is 87.6 Å². The summed E-state index contributed by atoms with van der Waals surface area (Å²) < 4.78 is 22.9. The molecule has 1 aromatic heterocycles. The van der Waals surface area contributed by atoms with E-state index < -0.39 is 15.8 Å². The maximum atomic E-state index is 11.4. The van der Waals surface area contributed by atoms with Gasteiger partial charge < -0.3 is 5.11 Å². The van der Waals surface area contributed by atoms with Crippen LogP contribution in [0.4, 0.5) is 0 Å². The first-order valence-corrected chi connectivity index (χ1v) is 8.21. The van der Waals surface area contributed by atoms with Crippen molar-refractivity contribution < 1.29 is 18.3 Å². The molecule has 0 amide bonds. The number of carboxylic acids is 1. The van der Waals surface area contributed by atoms with E-state index in [9.17, 15) is 13.2 Å². The number of sulfone groups is 1. The molecule has 0 saturated carbocycles. The number of carboxylic acid groups (broad SMARTS) is 1. The van der Waals surface area contributed by atoms with E-state index in [4.69, 9.17) is 5.11 Å². The number of aromatic nitrogens is 1. The zero-order chi connectivity index (χ0) is 13.2. The second-order valence-electron chi connectivity index (χ2n) is 4.28. The molecule has 1 N–H and O–H groups in total. The highest BCUT2D eigenvalue weighted by molar-refractivity contribution is 7.91. The molecule has 1 saturated heterocycles. The Labute approximate surface area is 109 Å². The molecule has 0 aliphatic carbocycles. The van der Waals surface area contributed by atoms with Gasteiger partial charge in [0.2, 0.25) is 0 Å². The van der Waals surface area contributed by atoms with Crippen molar-refractivity contribution in [1.82, 2.24) is 9.88 Å². The van der Waals surface area contributed by atoms with Gasteiger partial charge in [0.15, 0.2) is 9.84 Å². The Balaban J connectivity index is 2.08. The summed E-state index contributed by atoms with van der Waals surface area (Å²) in [6.07, 6.45) is 2.16. The van der Waals surface area contributed by atoms with Gasteiger partial charge >= 0.3 is 5.97 Å². The third-order valence-electron chi connectivity index (χ3n) is 2.88. The normalized spacial score (nSPS) is 22.4. The zero-order valence-corrected chi connectivity index (χ0v) is 11.3. The molecule has 0 radical (unpaired) electrons. The van der Waals surface area contributed by atoms with E-state index in [1.54, 1.807) is 11.1 Å². The van der Waals surface area contributed by atoms with Crippen molar-refractivity contribution >= 4 is 27.1 Å². The molecule has 1 atom stereocenters. The van der Waals surface area contributed by atoms with Crippen molar-refractivity contribution in [3.05, 3.63) is 16.6 Å². The van der Waals surface area contributed by atoms with Crippen LogP contribution in [0.2, 0.25) is 0 Å². The summed E-state index contributed by atoms with van der Waals surface area (Å²) in [5.41, 5.74) is 0. The molecular weight excluding hydrogens is 276 g/mol. The van der Waals surface area contributed by atoms with E-state index in [0.717, 1.165) is 5.01 Å². The van der Waals surface area contributed by atoms with Gasteiger partial charge in [-0.15, -0.1) is 11.3 Å². The summed E-state index contributed by atoms with van der Waals surface area (Å²) >= 11 is 1.44.